The van der Waals surface area contributed by atoms with Crippen LogP contribution in [0.2, 0.25) is 0 Å². The second kappa shape index (κ2) is 11.1. The van der Waals surface area contributed by atoms with Gasteiger partial charge in [0.05, 0.1) is 0 Å². The Morgan fingerprint density at radius 3 is 2.25 bits per heavy atom. The van der Waals surface area contributed by atoms with Crippen LogP contribution in [0.3, 0.4) is 0 Å². The topological polar surface area (TPSA) is 18.5 Å². The molecule has 1 saturated heterocycles. The molecule has 0 bridgehead atoms. The molecule has 1 aliphatic heterocycles. The van der Waals surface area contributed by atoms with E-state index in [4.69, 9.17) is 0 Å². The molecule has 0 aromatic carbocycles. The predicted octanol–water partition coefficient (Wildman–Crippen LogP) is 2.64. The van der Waals surface area contributed by atoms with Gasteiger partial charge in [0.1, 0.15) is 0 Å². The maximum absolute atomic E-state index is 3.43. The minimum atomic E-state index is 0. The molecule has 0 spiro atoms. The van der Waals surface area contributed by atoms with Crippen LogP contribution in [0.4, 0.5) is 0 Å². The Hall–Kier alpha value is 0.460. The molecular formula is C15H33Cl2N3. The second-order valence-electron chi connectivity index (χ2n) is 6.42. The summed E-state index contributed by atoms with van der Waals surface area (Å²) in [5.41, 5.74) is 0. The van der Waals surface area contributed by atoms with Crippen LogP contribution in [0, 0.1) is 5.92 Å². The molecule has 0 atom stereocenters. The van der Waals surface area contributed by atoms with Crippen molar-refractivity contribution in [1.29, 1.82) is 0 Å². The van der Waals surface area contributed by atoms with Crippen LogP contribution in [0.1, 0.15) is 39.5 Å². The highest BCUT2D eigenvalue weighted by Gasteiger charge is 2.23. The van der Waals surface area contributed by atoms with Gasteiger partial charge < -0.3 is 5.32 Å². The van der Waals surface area contributed by atoms with E-state index in [2.05, 4.69) is 29.0 Å². The average molecular weight is 326 g/mol. The number of nitrogens with one attached hydrogen (secondary N) is 1. The minimum absolute atomic E-state index is 0. The van der Waals surface area contributed by atoms with Gasteiger partial charge in [0, 0.05) is 51.9 Å². The van der Waals surface area contributed by atoms with Crippen molar-refractivity contribution in [2.24, 2.45) is 5.92 Å². The Bertz CT molecular complexity index is 227. The van der Waals surface area contributed by atoms with Crippen LogP contribution in [-0.2, 0) is 0 Å². The Balaban J connectivity index is 0.00000180. The van der Waals surface area contributed by atoms with Crippen LogP contribution >= 0.6 is 24.8 Å². The van der Waals surface area contributed by atoms with E-state index in [1.54, 1.807) is 0 Å². The molecule has 2 fully saturated rings. The van der Waals surface area contributed by atoms with Crippen molar-refractivity contribution in [3.8, 4) is 0 Å². The lowest BCUT2D eigenvalue weighted by atomic mass is 10.1. The fourth-order valence-corrected chi connectivity index (χ4v) is 3.37. The van der Waals surface area contributed by atoms with Gasteiger partial charge in [-0.2, -0.15) is 0 Å². The summed E-state index contributed by atoms with van der Waals surface area (Å²) in [6.45, 7) is 13.4. The number of hydrogen-bond acceptors (Lipinski definition) is 3. The van der Waals surface area contributed by atoms with E-state index in [9.17, 15) is 0 Å². The number of halogens is 2. The molecule has 0 unspecified atom stereocenters. The molecular weight excluding hydrogens is 293 g/mol. The Morgan fingerprint density at radius 2 is 1.70 bits per heavy atom. The van der Waals surface area contributed by atoms with Gasteiger partial charge in [-0.1, -0.05) is 26.7 Å². The fraction of sp³-hybridized carbons (Fsp3) is 1.00. The van der Waals surface area contributed by atoms with Crippen LogP contribution < -0.4 is 5.32 Å². The molecule has 0 aromatic heterocycles. The molecule has 1 saturated carbocycles. The normalized spacial score (nSPS) is 21.0. The van der Waals surface area contributed by atoms with Gasteiger partial charge in [0.2, 0.25) is 0 Å². The molecule has 2 aliphatic rings. The van der Waals surface area contributed by atoms with Crippen molar-refractivity contribution in [3.63, 3.8) is 0 Å². The molecule has 5 heteroatoms. The number of piperazine rings is 1. The van der Waals surface area contributed by atoms with E-state index < -0.39 is 0 Å². The molecule has 122 valence electrons. The van der Waals surface area contributed by atoms with Crippen molar-refractivity contribution in [1.82, 2.24) is 15.1 Å². The summed E-state index contributed by atoms with van der Waals surface area (Å²) in [5.74, 6) is 0.800. The average Bonchev–Trinajstić information content (AvgIpc) is 2.89. The number of hydrogen-bond donors (Lipinski definition) is 1. The quantitative estimate of drug-likeness (QED) is 0.809. The molecule has 20 heavy (non-hydrogen) atoms. The van der Waals surface area contributed by atoms with Gasteiger partial charge in [-0.25, -0.2) is 0 Å². The van der Waals surface area contributed by atoms with Gasteiger partial charge in [-0.15, -0.1) is 24.8 Å². The van der Waals surface area contributed by atoms with Crippen molar-refractivity contribution < 1.29 is 0 Å². The summed E-state index contributed by atoms with van der Waals surface area (Å²) in [7, 11) is 0. The summed E-state index contributed by atoms with van der Waals surface area (Å²) in [6.07, 6.45) is 5.78. The van der Waals surface area contributed by atoms with Crippen molar-refractivity contribution in [2.75, 3.05) is 45.8 Å². The second-order valence-corrected chi connectivity index (χ2v) is 6.42. The number of rotatable bonds is 6. The lowest BCUT2D eigenvalue weighted by molar-refractivity contribution is 0.140. The maximum Gasteiger partial charge on any atom is 0.0112 e. The maximum atomic E-state index is 3.43. The molecule has 0 amide bonds. The highest BCUT2D eigenvalue weighted by atomic mass is 35.5. The highest BCUT2D eigenvalue weighted by molar-refractivity contribution is 5.85. The zero-order chi connectivity index (χ0) is 12.8. The lowest BCUT2D eigenvalue weighted by Crippen LogP contribution is -2.48. The molecule has 1 heterocycles. The zero-order valence-electron chi connectivity index (χ0n) is 13.1. The van der Waals surface area contributed by atoms with E-state index in [0.717, 1.165) is 12.0 Å². The van der Waals surface area contributed by atoms with Crippen LogP contribution in [-0.4, -0.2) is 61.7 Å². The van der Waals surface area contributed by atoms with Gasteiger partial charge in [0.25, 0.3) is 0 Å². The highest BCUT2D eigenvalue weighted by Crippen LogP contribution is 2.24. The lowest BCUT2D eigenvalue weighted by Gasteiger charge is -2.34. The van der Waals surface area contributed by atoms with E-state index in [1.165, 1.54) is 71.5 Å². The molecule has 0 radical (unpaired) electrons. The molecule has 3 nitrogen and oxygen atoms in total. The first-order valence-corrected chi connectivity index (χ1v) is 7.93. The first-order valence-electron chi connectivity index (χ1n) is 7.93. The first kappa shape index (κ1) is 20.5. The van der Waals surface area contributed by atoms with Crippen LogP contribution in [0.15, 0.2) is 0 Å². The molecule has 1 N–H and O–H groups in total. The minimum Gasteiger partial charge on any atom is -0.314 e. The van der Waals surface area contributed by atoms with E-state index in [1.807, 2.05) is 0 Å². The summed E-state index contributed by atoms with van der Waals surface area (Å²) in [4.78, 5) is 5.40. The van der Waals surface area contributed by atoms with Crippen molar-refractivity contribution in [2.45, 2.75) is 45.6 Å². The summed E-state index contributed by atoms with van der Waals surface area (Å²) in [6, 6.07) is 0.885. The first-order chi connectivity index (χ1) is 8.75. The smallest absolute Gasteiger partial charge is 0.0112 e. The van der Waals surface area contributed by atoms with Gasteiger partial charge in [-0.05, 0) is 18.8 Å². The summed E-state index contributed by atoms with van der Waals surface area (Å²) < 4.78 is 0. The standard InChI is InChI=1S/C15H31N3.2ClH/c1-14(2)13-18(15-5-3-4-6-15)12-11-17-9-7-16-8-10-17;;/h14-16H,3-13H2,1-2H3;2*1H. The SMILES string of the molecule is CC(C)CN(CCN1CCNCC1)C1CCCC1.Cl.Cl. The predicted molar refractivity (Wildman–Crippen MR) is 92.5 cm³/mol. The summed E-state index contributed by atoms with van der Waals surface area (Å²) in [5, 5.41) is 3.43. The van der Waals surface area contributed by atoms with E-state index >= 15 is 0 Å². The third-order valence-electron chi connectivity index (χ3n) is 4.35. The van der Waals surface area contributed by atoms with Gasteiger partial charge in [0.15, 0.2) is 0 Å². The summed E-state index contributed by atoms with van der Waals surface area (Å²) >= 11 is 0. The van der Waals surface area contributed by atoms with Crippen molar-refractivity contribution >= 4 is 24.8 Å². The number of nitrogens with zero attached hydrogens (tertiary/aromatic N) is 2. The Morgan fingerprint density at radius 1 is 1.10 bits per heavy atom. The Kier molecular flexibility index (Phi) is 11.3. The zero-order valence-corrected chi connectivity index (χ0v) is 14.8. The van der Waals surface area contributed by atoms with E-state index in [0.29, 0.717) is 0 Å². The fourth-order valence-electron chi connectivity index (χ4n) is 3.37. The van der Waals surface area contributed by atoms with Gasteiger partial charge in [-0.3, -0.25) is 9.80 Å². The van der Waals surface area contributed by atoms with Crippen molar-refractivity contribution in [3.05, 3.63) is 0 Å². The monoisotopic (exact) mass is 325 g/mol. The van der Waals surface area contributed by atoms with Gasteiger partial charge >= 0.3 is 0 Å². The van der Waals surface area contributed by atoms with E-state index in [-0.39, 0.29) is 24.8 Å². The molecule has 2 rings (SSSR count). The molecule has 1 aliphatic carbocycles. The third-order valence-corrected chi connectivity index (χ3v) is 4.35. The Labute approximate surface area is 137 Å². The van der Waals surface area contributed by atoms with Crippen LogP contribution in [0.25, 0.3) is 0 Å². The third kappa shape index (κ3) is 6.95. The van der Waals surface area contributed by atoms with Crippen LogP contribution in [0.5, 0.6) is 0 Å². The largest absolute Gasteiger partial charge is 0.314 e. The molecule has 0 aromatic rings.